The minimum absolute atomic E-state index is 0.0876. The number of rotatable bonds is 4. The fourth-order valence-corrected chi connectivity index (χ4v) is 4.09. The Labute approximate surface area is 154 Å². The molecule has 2 aromatic rings. The Hall–Kier alpha value is -2.38. The normalized spacial score (nSPS) is 15.7. The second-order valence-electron chi connectivity index (χ2n) is 6.75. The van der Waals surface area contributed by atoms with E-state index in [1.54, 1.807) is 35.2 Å². The number of piperazine rings is 1. The Balaban J connectivity index is 1.81. The molecule has 1 heterocycles. The minimum atomic E-state index is -3.75. The average Bonchev–Trinajstić information content (AvgIpc) is 2.61. The molecule has 26 heavy (non-hydrogen) atoms. The van der Waals surface area contributed by atoms with Crippen LogP contribution in [0.15, 0.2) is 53.4 Å². The van der Waals surface area contributed by atoms with E-state index < -0.39 is 10.0 Å². The smallest absolute Gasteiger partial charge is 0.261 e. The molecule has 0 spiro atoms. The van der Waals surface area contributed by atoms with Crippen LogP contribution < -0.4 is 9.62 Å². The van der Waals surface area contributed by atoms with Crippen molar-refractivity contribution in [2.75, 3.05) is 37.9 Å². The number of anilines is 1. The van der Waals surface area contributed by atoms with Gasteiger partial charge in [-0.05, 0) is 42.8 Å². The van der Waals surface area contributed by atoms with E-state index in [0.717, 1.165) is 18.7 Å². The summed E-state index contributed by atoms with van der Waals surface area (Å²) in [7, 11) is -1.65. The first-order valence-electron chi connectivity index (χ1n) is 8.65. The first-order valence-corrected chi connectivity index (χ1v) is 10.1. The number of hydrogen-bond donors (Lipinski definition) is 2. The van der Waals surface area contributed by atoms with Crippen LogP contribution in [-0.2, 0) is 10.0 Å². The first-order chi connectivity index (χ1) is 12.3. The van der Waals surface area contributed by atoms with Gasteiger partial charge in [0.05, 0.1) is 38.1 Å². The highest BCUT2D eigenvalue weighted by Crippen LogP contribution is 2.19. The molecule has 1 aliphatic heterocycles. The summed E-state index contributed by atoms with van der Waals surface area (Å²) in [5, 5.41) is 0. The van der Waals surface area contributed by atoms with Crippen LogP contribution in [0.3, 0.4) is 0 Å². The van der Waals surface area contributed by atoms with Gasteiger partial charge in [0.1, 0.15) is 0 Å². The van der Waals surface area contributed by atoms with E-state index in [9.17, 15) is 13.2 Å². The third-order valence-electron chi connectivity index (χ3n) is 4.57. The number of carbonyl (C=O) groups is 1. The fourth-order valence-electron chi connectivity index (χ4n) is 2.99. The summed E-state index contributed by atoms with van der Waals surface area (Å²) in [6.45, 7) is 5.07. The molecule has 0 aliphatic carbocycles. The van der Waals surface area contributed by atoms with Crippen LogP contribution >= 0.6 is 0 Å². The number of nitrogens with zero attached hydrogens (tertiary/aromatic N) is 1. The summed E-state index contributed by atoms with van der Waals surface area (Å²) in [5.41, 5.74) is 1.87. The summed E-state index contributed by atoms with van der Waals surface area (Å²) >= 11 is 0. The SMILES string of the molecule is Cc1cccc(NS(=O)(=O)c2cccc(C(=O)N3CC[NH+](C)CC3)c2)c1. The van der Waals surface area contributed by atoms with Gasteiger partial charge >= 0.3 is 0 Å². The molecule has 138 valence electrons. The second-order valence-corrected chi connectivity index (χ2v) is 8.43. The van der Waals surface area contributed by atoms with E-state index in [0.29, 0.717) is 24.3 Å². The quantitative estimate of drug-likeness (QED) is 0.830. The molecule has 0 unspecified atom stereocenters. The molecule has 0 radical (unpaired) electrons. The third-order valence-corrected chi connectivity index (χ3v) is 5.94. The Bertz CT molecular complexity index is 904. The number of nitrogens with one attached hydrogen (secondary N) is 2. The molecule has 1 aliphatic rings. The van der Waals surface area contributed by atoms with Crippen LogP contribution in [0.25, 0.3) is 0 Å². The molecule has 7 heteroatoms. The Morgan fingerprint density at radius 2 is 1.77 bits per heavy atom. The van der Waals surface area contributed by atoms with Gasteiger partial charge in [-0.1, -0.05) is 18.2 Å². The average molecular weight is 374 g/mol. The maximum atomic E-state index is 12.7. The molecule has 0 saturated carbocycles. The van der Waals surface area contributed by atoms with Crippen LogP contribution in [0.5, 0.6) is 0 Å². The lowest BCUT2D eigenvalue weighted by molar-refractivity contribution is -0.883. The van der Waals surface area contributed by atoms with Gasteiger partial charge in [0.25, 0.3) is 15.9 Å². The molecule has 1 saturated heterocycles. The van der Waals surface area contributed by atoms with Crippen molar-refractivity contribution in [2.24, 2.45) is 0 Å². The molecule has 0 atom stereocenters. The van der Waals surface area contributed by atoms with Crippen LogP contribution in [0.1, 0.15) is 15.9 Å². The molecule has 6 nitrogen and oxygen atoms in total. The standard InChI is InChI=1S/C19H23N3O3S/c1-15-5-3-7-17(13-15)20-26(24,25)18-8-4-6-16(14-18)19(23)22-11-9-21(2)10-12-22/h3-8,13-14,20H,9-12H2,1-2H3/p+1. The summed E-state index contributed by atoms with van der Waals surface area (Å²) in [6.07, 6.45) is 0. The lowest BCUT2D eigenvalue weighted by Crippen LogP contribution is -3.12. The van der Waals surface area contributed by atoms with Gasteiger partial charge in [0.15, 0.2) is 0 Å². The first kappa shape index (κ1) is 18.4. The van der Waals surface area contributed by atoms with Crippen LogP contribution in [0.2, 0.25) is 0 Å². The van der Waals surface area contributed by atoms with Crippen molar-refractivity contribution >= 4 is 21.6 Å². The zero-order chi connectivity index (χ0) is 18.7. The number of amides is 1. The third kappa shape index (κ3) is 4.23. The zero-order valence-electron chi connectivity index (χ0n) is 15.0. The van der Waals surface area contributed by atoms with Gasteiger partial charge in [-0.15, -0.1) is 0 Å². The van der Waals surface area contributed by atoms with Crippen molar-refractivity contribution in [1.82, 2.24) is 4.90 Å². The predicted octanol–water partition coefficient (Wildman–Crippen LogP) is 0.766. The van der Waals surface area contributed by atoms with Gasteiger partial charge in [-0.2, -0.15) is 0 Å². The Morgan fingerprint density at radius 1 is 1.08 bits per heavy atom. The largest absolute Gasteiger partial charge is 0.334 e. The monoisotopic (exact) mass is 374 g/mol. The Morgan fingerprint density at radius 3 is 2.46 bits per heavy atom. The number of carbonyl (C=O) groups excluding carboxylic acids is 1. The van der Waals surface area contributed by atoms with Crippen molar-refractivity contribution in [1.29, 1.82) is 0 Å². The van der Waals surface area contributed by atoms with Crippen LogP contribution in [0, 0.1) is 6.92 Å². The lowest BCUT2D eigenvalue weighted by Gasteiger charge is -2.30. The topological polar surface area (TPSA) is 70.9 Å². The highest BCUT2D eigenvalue weighted by atomic mass is 32.2. The summed E-state index contributed by atoms with van der Waals surface area (Å²) in [4.78, 5) is 16.0. The van der Waals surface area contributed by atoms with Crippen molar-refractivity contribution in [3.05, 3.63) is 59.7 Å². The van der Waals surface area contributed by atoms with Crippen molar-refractivity contribution in [3.63, 3.8) is 0 Å². The minimum Gasteiger partial charge on any atom is -0.334 e. The van der Waals surface area contributed by atoms with Crippen molar-refractivity contribution < 1.29 is 18.1 Å². The molecule has 1 amide bonds. The maximum Gasteiger partial charge on any atom is 0.261 e. The van der Waals surface area contributed by atoms with Crippen LogP contribution in [0.4, 0.5) is 5.69 Å². The molecular weight excluding hydrogens is 350 g/mol. The van der Waals surface area contributed by atoms with Gasteiger partial charge in [0.2, 0.25) is 0 Å². The number of benzene rings is 2. The fraction of sp³-hybridized carbons (Fsp3) is 0.316. The predicted molar refractivity (Wildman–Crippen MR) is 101 cm³/mol. The van der Waals surface area contributed by atoms with Gasteiger partial charge < -0.3 is 9.80 Å². The molecule has 2 aromatic carbocycles. The second kappa shape index (κ2) is 7.47. The van der Waals surface area contributed by atoms with E-state index in [2.05, 4.69) is 11.8 Å². The Kier molecular flexibility index (Phi) is 5.29. The number of likely N-dealkylation sites (N-methyl/N-ethyl adjacent to an activating group) is 1. The number of quaternary nitrogens is 1. The molecule has 3 rings (SSSR count). The molecule has 1 fully saturated rings. The molecule has 0 aromatic heterocycles. The number of hydrogen-bond acceptors (Lipinski definition) is 3. The molecule has 0 bridgehead atoms. The van der Waals surface area contributed by atoms with Gasteiger partial charge in [0, 0.05) is 11.3 Å². The highest BCUT2D eigenvalue weighted by molar-refractivity contribution is 7.92. The van der Waals surface area contributed by atoms with E-state index >= 15 is 0 Å². The van der Waals surface area contributed by atoms with Crippen LogP contribution in [-0.4, -0.2) is 52.5 Å². The molecule has 2 N–H and O–H groups in total. The van der Waals surface area contributed by atoms with E-state index in [1.807, 2.05) is 13.0 Å². The van der Waals surface area contributed by atoms with E-state index in [-0.39, 0.29) is 10.8 Å². The summed E-state index contributed by atoms with van der Waals surface area (Å²) < 4.78 is 27.9. The summed E-state index contributed by atoms with van der Waals surface area (Å²) in [6, 6.07) is 13.4. The van der Waals surface area contributed by atoms with Crippen molar-refractivity contribution in [2.45, 2.75) is 11.8 Å². The highest BCUT2D eigenvalue weighted by Gasteiger charge is 2.24. The number of aryl methyl sites for hydroxylation is 1. The van der Waals surface area contributed by atoms with Gasteiger partial charge in [-0.3, -0.25) is 9.52 Å². The zero-order valence-corrected chi connectivity index (χ0v) is 15.8. The van der Waals surface area contributed by atoms with E-state index in [4.69, 9.17) is 0 Å². The van der Waals surface area contributed by atoms with E-state index in [1.165, 1.54) is 17.0 Å². The number of sulfonamides is 1. The maximum absolute atomic E-state index is 12.7. The lowest BCUT2D eigenvalue weighted by atomic mass is 10.2. The van der Waals surface area contributed by atoms with Gasteiger partial charge in [-0.25, -0.2) is 8.42 Å². The molecular formula is C19H24N3O3S+. The summed E-state index contributed by atoms with van der Waals surface area (Å²) in [5.74, 6) is -0.120. The van der Waals surface area contributed by atoms with Crippen molar-refractivity contribution in [3.8, 4) is 0 Å².